The minimum atomic E-state index is -1.44. The van der Waals surface area contributed by atoms with Gasteiger partial charge in [-0.15, -0.1) is 0 Å². The van der Waals surface area contributed by atoms with Gasteiger partial charge >= 0.3 is 22.5 Å². The van der Waals surface area contributed by atoms with Gasteiger partial charge in [-0.3, -0.25) is 4.79 Å². The Hall–Kier alpha value is -4.43. The van der Waals surface area contributed by atoms with Crippen molar-refractivity contribution < 1.29 is 32.4 Å². The fraction of sp³-hybridized carbons (Fsp3) is 0.100. The Bertz CT molecular complexity index is 1790. The molecule has 197 valence electrons. The molecule has 0 bridgehead atoms. The molecule has 1 N–H and O–H groups in total. The van der Waals surface area contributed by atoms with E-state index in [-0.39, 0.29) is 6.61 Å². The summed E-state index contributed by atoms with van der Waals surface area (Å²) >= 11 is -1.44. The average Bonchev–Trinajstić information content (AvgIpc) is 3.55. The van der Waals surface area contributed by atoms with E-state index < -0.39 is 14.8 Å². The van der Waals surface area contributed by atoms with Crippen molar-refractivity contribution in [2.45, 2.75) is 20.5 Å². The molecule has 0 atom stereocenters. The molecule has 0 aliphatic heterocycles. The summed E-state index contributed by atoms with van der Waals surface area (Å²) in [6.07, 6.45) is 0.768. The number of aliphatic hydroxyl groups is 1. The van der Waals surface area contributed by atoms with Crippen LogP contribution < -0.4 is 0 Å². The summed E-state index contributed by atoms with van der Waals surface area (Å²) in [6.45, 7) is 3.90. The first-order valence-corrected chi connectivity index (χ1v) is 13.0. The van der Waals surface area contributed by atoms with Crippen molar-refractivity contribution in [3.8, 4) is 11.4 Å². The van der Waals surface area contributed by atoms with E-state index in [0.717, 1.165) is 34.4 Å². The molecular weight excluding hydrogens is 535 g/mol. The molecule has 6 rings (SSSR count). The molecular formula is C30H26MnN4O4. The Kier molecular flexibility index (Phi) is 9.12. The van der Waals surface area contributed by atoms with Gasteiger partial charge < -0.3 is 5.11 Å². The van der Waals surface area contributed by atoms with Crippen molar-refractivity contribution in [3.05, 3.63) is 120 Å². The van der Waals surface area contributed by atoms with Gasteiger partial charge in [0.1, 0.15) is 5.69 Å². The first-order valence-electron chi connectivity index (χ1n) is 12.0. The molecule has 0 fully saturated rings. The van der Waals surface area contributed by atoms with Gasteiger partial charge in [-0.05, 0) is 71.8 Å². The van der Waals surface area contributed by atoms with Crippen LogP contribution in [0.15, 0.2) is 97.1 Å². The molecule has 0 unspecified atom stereocenters. The Balaban J connectivity index is 0.000000165. The molecule has 4 aromatic carbocycles. The van der Waals surface area contributed by atoms with Crippen molar-refractivity contribution >= 4 is 27.8 Å². The van der Waals surface area contributed by atoms with Crippen LogP contribution in [0.5, 0.6) is 0 Å². The van der Waals surface area contributed by atoms with Crippen LogP contribution in [0.25, 0.3) is 32.9 Å². The molecule has 0 aliphatic carbocycles. The number of fused-ring (bicyclic) bond motifs is 2. The number of aliphatic hydroxyl groups excluding tert-OH is 1. The quantitative estimate of drug-likeness (QED) is 0.218. The number of aryl methyl sites for hydroxylation is 2. The van der Waals surface area contributed by atoms with E-state index in [4.69, 9.17) is 12.8 Å². The molecule has 0 amide bonds. The SMILES string of the molecule is Cc1cc(C=O)nn1-c1ccc2ccccc2c1.Cc1cc(CO)nn1-c1ccc2ccccc2c1.[O]=[Mn]=[O]. The van der Waals surface area contributed by atoms with Gasteiger partial charge in [-0.2, -0.15) is 10.2 Å². The zero-order valence-corrected chi connectivity index (χ0v) is 22.5. The van der Waals surface area contributed by atoms with Crippen LogP contribution in [0, 0.1) is 13.8 Å². The number of aromatic nitrogens is 4. The topological polar surface area (TPSA) is 107 Å². The number of rotatable bonds is 4. The maximum absolute atomic E-state index is 10.7. The van der Waals surface area contributed by atoms with Crippen LogP contribution in [0.4, 0.5) is 0 Å². The molecule has 9 heteroatoms. The van der Waals surface area contributed by atoms with E-state index in [0.29, 0.717) is 11.4 Å². The van der Waals surface area contributed by atoms with Gasteiger partial charge in [-0.1, -0.05) is 60.7 Å². The summed E-state index contributed by atoms with van der Waals surface area (Å²) in [7, 11) is 0. The van der Waals surface area contributed by atoms with Crippen molar-refractivity contribution in [2.24, 2.45) is 0 Å². The number of carbonyl (C=O) groups is 1. The van der Waals surface area contributed by atoms with Crippen LogP contribution in [0.2, 0.25) is 0 Å². The van der Waals surface area contributed by atoms with Crippen molar-refractivity contribution in [2.75, 3.05) is 0 Å². The Morgan fingerprint density at radius 2 is 1.15 bits per heavy atom. The Morgan fingerprint density at radius 1 is 0.692 bits per heavy atom. The molecule has 0 saturated carbocycles. The standard InChI is InChI=1S/C15H14N2O.C15H12N2O.Mn.2O/c2*1-11-8-14(10-18)16-17(11)15-7-6-12-4-2-3-5-13(12)9-15;;;/h2-9,18H,10H2,1H3;2-10H,1H3;;;. The molecule has 6 aromatic rings. The fourth-order valence-corrected chi connectivity index (χ4v) is 4.31. The van der Waals surface area contributed by atoms with Crippen LogP contribution >= 0.6 is 0 Å². The summed E-state index contributed by atoms with van der Waals surface area (Å²) in [5, 5.41) is 22.5. The Morgan fingerprint density at radius 3 is 1.59 bits per heavy atom. The molecule has 2 heterocycles. The third kappa shape index (κ3) is 6.53. The van der Waals surface area contributed by atoms with Crippen molar-refractivity contribution in [3.63, 3.8) is 0 Å². The van der Waals surface area contributed by atoms with Crippen molar-refractivity contribution in [1.82, 2.24) is 19.6 Å². The first-order chi connectivity index (χ1) is 19.0. The van der Waals surface area contributed by atoms with Gasteiger partial charge in [0, 0.05) is 11.4 Å². The normalized spacial score (nSPS) is 10.3. The van der Waals surface area contributed by atoms with E-state index in [2.05, 4.69) is 58.7 Å². The number of aldehydes is 1. The van der Waals surface area contributed by atoms with E-state index in [1.54, 1.807) is 10.7 Å². The second-order valence-electron chi connectivity index (χ2n) is 8.71. The first kappa shape index (κ1) is 27.6. The second kappa shape index (κ2) is 12.9. The van der Waals surface area contributed by atoms with Gasteiger partial charge in [0.05, 0.1) is 23.7 Å². The third-order valence-corrected chi connectivity index (χ3v) is 6.08. The molecule has 2 aromatic heterocycles. The Labute approximate surface area is 231 Å². The minimum absolute atomic E-state index is 0.0264. The van der Waals surface area contributed by atoms with Crippen LogP contribution in [-0.4, -0.2) is 31.0 Å². The van der Waals surface area contributed by atoms with E-state index in [9.17, 15) is 4.79 Å². The number of nitrogens with zero attached hydrogens (tertiary/aromatic N) is 4. The predicted octanol–water partition coefficient (Wildman–Crippen LogP) is 5.73. The maximum atomic E-state index is 10.7. The zero-order chi connectivity index (χ0) is 27.8. The van der Waals surface area contributed by atoms with Crippen LogP contribution in [0.1, 0.15) is 27.6 Å². The van der Waals surface area contributed by atoms with E-state index in [1.807, 2.05) is 61.0 Å². The molecule has 0 aliphatic rings. The van der Waals surface area contributed by atoms with Gasteiger partial charge in [0.2, 0.25) is 0 Å². The molecule has 8 nitrogen and oxygen atoms in total. The molecule has 0 saturated heterocycles. The van der Waals surface area contributed by atoms with E-state index >= 15 is 0 Å². The summed E-state index contributed by atoms with van der Waals surface area (Å²) in [5.41, 5.74) is 5.12. The third-order valence-electron chi connectivity index (χ3n) is 6.08. The summed E-state index contributed by atoms with van der Waals surface area (Å²) in [4.78, 5) is 10.7. The number of benzene rings is 4. The summed E-state index contributed by atoms with van der Waals surface area (Å²) in [6, 6.07) is 32.5. The van der Waals surface area contributed by atoms with Crippen LogP contribution in [0.3, 0.4) is 0 Å². The fourth-order valence-electron chi connectivity index (χ4n) is 4.31. The summed E-state index contributed by atoms with van der Waals surface area (Å²) in [5.74, 6) is 0. The molecule has 0 spiro atoms. The van der Waals surface area contributed by atoms with Gasteiger partial charge in [-0.25, -0.2) is 9.36 Å². The zero-order valence-electron chi connectivity index (χ0n) is 21.4. The number of hydrogen-bond donors (Lipinski definition) is 1. The van der Waals surface area contributed by atoms with Crippen molar-refractivity contribution in [1.29, 1.82) is 0 Å². The van der Waals surface area contributed by atoms with Crippen LogP contribution in [-0.2, 0) is 29.1 Å². The van der Waals surface area contributed by atoms with Gasteiger partial charge in [0.25, 0.3) is 0 Å². The number of carbonyl (C=O) groups excluding carboxylic acids is 1. The summed E-state index contributed by atoms with van der Waals surface area (Å²) < 4.78 is 20.5. The average molecular weight is 562 g/mol. The molecule has 0 radical (unpaired) electrons. The monoisotopic (exact) mass is 561 g/mol. The van der Waals surface area contributed by atoms with Gasteiger partial charge in [0.15, 0.2) is 6.29 Å². The number of hydrogen-bond acceptors (Lipinski definition) is 6. The predicted molar refractivity (Wildman–Crippen MR) is 144 cm³/mol. The van der Waals surface area contributed by atoms with E-state index in [1.165, 1.54) is 16.2 Å². The molecule has 39 heavy (non-hydrogen) atoms. The second-order valence-corrected chi connectivity index (χ2v) is 8.91.